The van der Waals surface area contributed by atoms with Crippen molar-refractivity contribution in [2.45, 2.75) is 13.3 Å². The van der Waals surface area contributed by atoms with Gasteiger partial charge in [-0.1, -0.05) is 18.5 Å². The third-order valence-electron chi connectivity index (χ3n) is 3.14. The molecule has 2 aromatic carbocycles. The van der Waals surface area contributed by atoms with Crippen molar-refractivity contribution in [3.8, 4) is 17.2 Å². The fraction of sp³-hybridized carbons (Fsp3) is 0.278. The first-order valence-corrected chi connectivity index (χ1v) is 7.74. The van der Waals surface area contributed by atoms with E-state index in [1.54, 1.807) is 20.4 Å². The molecule has 122 valence electrons. The Morgan fingerprint density at radius 3 is 2.43 bits per heavy atom. The molecule has 0 bridgehead atoms. The Morgan fingerprint density at radius 1 is 1.09 bits per heavy atom. The second-order valence-corrected chi connectivity index (χ2v) is 5.25. The minimum absolute atomic E-state index is 0.508. The third-order valence-corrected chi connectivity index (χ3v) is 3.42. The predicted molar refractivity (Wildman–Crippen MR) is 94.0 cm³/mol. The zero-order chi connectivity index (χ0) is 16.7. The Labute approximate surface area is 141 Å². The number of hydrogen-bond acceptors (Lipinski definition) is 4. The number of halogens is 1. The molecule has 0 aliphatic carbocycles. The summed E-state index contributed by atoms with van der Waals surface area (Å²) in [6, 6.07) is 11.1. The molecule has 0 atom stereocenters. The Balaban J connectivity index is 2.21. The molecule has 0 amide bonds. The Hall–Kier alpha value is -2.20. The average Bonchev–Trinajstić information content (AvgIpc) is 2.59. The lowest BCUT2D eigenvalue weighted by Gasteiger charge is -2.12. The van der Waals surface area contributed by atoms with E-state index in [9.17, 15) is 0 Å². The number of benzene rings is 2. The lowest BCUT2D eigenvalue weighted by molar-refractivity contribution is 0.294. The lowest BCUT2D eigenvalue weighted by Crippen LogP contribution is -1.99. The van der Waals surface area contributed by atoms with Crippen molar-refractivity contribution < 1.29 is 14.2 Å². The highest BCUT2D eigenvalue weighted by molar-refractivity contribution is 6.32. The Kier molecular flexibility index (Phi) is 6.29. The van der Waals surface area contributed by atoms with Crippen LogP contribution in [-0.2, 0) is 0 Å². The van der Waals surface area contributed by atoms with Crippen LogP contribution in [0, 0.1) is 0 Å². The van der Waals surface area contributed by atoms with Crippen LogP contribution in [0.1, 0.15) is 18.9 Å². The van der Waals surface area contributed by atoms with Crippen molar-refractivity contribution in [3.05, 3.63) is 47.0 Å². The minimum Gasteiger partial charge on any atom is -0.497 e. The third kappa shape index (κ3) is 4.63. The van der Waals surface area contributed by atoms with E-state index < -0.39 is 0 Å². The fourth-order valence-corrected chi connectivity index (χ4v) is 2.25. The zero-order valence-electron chi connectivity index (χ0n) is 13.5. The molecule has 2 rings (SSSR count). The summed E-state index contributed by atoms with van der Waals surface area (Å²) < 4.78 is 16.1. The van der Waals surface area contributed by atoms with E-state index in [0.717, 1.165) is 23.4 Å². The minimum atomic E-state index is 0.508. The van der Waals surface area contributed by atoms with E-state index >= 15 is 0 Å². The lowest BCUT2D eigenvalue weighted by atomic mass is 10.2. The Morgan fingerprint density at radius 2 is 1.83 bits per heavy atom. The van der Waals surface area contributed by atoms with Crippen LogP contribution < -0.4 is 14.2 Å². The summed E-state index contributed by atoms with van der Waals surface area (Å²) in [7, 11) is 3.23. The van der Waals surface area contributed by atoms with Gasteiger partial charge >= 0.3 is 0 Å². The summed E-state index contributed by atoms with van der Waals surface area (Å²) in [6.07, 6.45) is 2.64. The molecule has 0 saturated heterocycles. The van der Waals surface area contributed by atoms with E-state index in [1.807, 2.05) is 43.3 Å². The molecule has 2 aromatic rings. The Bertz CT molecular complexity index is 669. The van der Waals surface area contributed by atoms with Crippen molar-refractivity contribution in [2.24, 2.45) is 4.99 Å². The molecular formula is C18H20ClNO3. The maximum Gasteiger partial charge on any atom is 0.179 e. The summed E-state index contributed by atoms with van der Waals surface area (Å²) >= 11 is 6.29. The molecule has 0 aliphatic rings. The van der Waals surface area contributed by atoms with Crippen molar-refractivity contribution in [2.75, 3.05) is 20.8 Å². The molecule has 4 nitrogen and oxygen atoms in total. The first-order valence-electron chi connectivity index (χ1n) is 7.36. The van der Waals surface area contributed by atoms with Gasteiger partial charge in [0.1, 0.15) is 5.75 Å². The summed E-state index contributed by atoms with van der Waals surface area (Å²) in [6.45, 7) is 2.63. The van der Waals surface area contributed by atoms with Crippen LogP contribution in [0.3, 0.4) is 0 Å². The maximum atomic E-state index is 6.29. The van der Waals surface area contributed by atoms with Crippen LogP contribution >= 0.6 is 11.6 Å². The van der Waals surface area contributed by atoms with Gasteiger partial charge in [0, 0.05) is 6.21 Å². The van der Waals surface area contributed by atoms with Crippen LogP contribution in [0.5, 0.6) is 17.2 Å². The van der Waals surface area contributed by atoms with Gasteiger partial charge in [-0.05, 0) is 48.4 Å². The fourth-order valence-electron chi connectivity index (χ4n) is 1.98. The molecule has 0 heterocycles. The van der Waals surface area contributed by atoms with Crippen LogP contribution in [0.4, 0.5) is 5.69 Å². The van der Waals surface area contributed by atoms with Gasteiger partial charge in [-0.3, -0.25) is 4.99 Å². The van der Waals surface area contributed by atoms with E-state index in [2.05, 4.69) is 4.99 Å². The van der Waals surface area contributed by atoms with Crippen LogP contribution in [0.25, 0.3) is 0 Å². The van der Waals surface area contributed by atoms with Crippen LogP contribution in [0.2, 0.25) is 5.02 Å². The molecule has 0 aromatic heterocycles. The van der Waals surface area contributed by atoms with E-state index in [1.165, 1.54) is 0 Å². The largest absolute Gasteiger partial charge is 0.497 e. The van der Waals surface area contributed by atoms with Gasteiger partial charge in [0.25, 0.3) is 0 Å². The van der Waals surface area contributed by atoms with Gasteiger partial charge < -0.3 is 14.2 Å². The van der Waals surface area contributed by atoms with Gasteiger partial charge in [-0.15, -0.1) is 0 Å². The zero-order valence-corrected chi connectivity index (χ0v) is 14.3. The SMILES string of the molecule is CCCOc1c(Cl)cc(C=Nc2ccc(OC)cc2)cc1OC. The number of rotatable bonds is 7. The molecule has 0 saturated carbocycles. The molecular weight excluding hydrogens is 314 g/mol. The highest BCUT2D eigenvalue weighted by Gasteiger charge is 2.11. The number of hydrogen-bond donors (Lipinski definition) is 0. The standard InChI is InChI=1S/C18H20ClNO3/c1-4-9-23-18-16(19)10-13(11-17(18)22-3)12-20-14-5-7-15(21-2)8-6-14/h5-8,10-12H,4,9H2,1-3H3. The van der Waals surface area contributed by atoms with Gasteiger partial charge in [-0.2, -0.15) is 0 Å². The van der Waals surface area contributed by atoms with Gasteiger partial charge in [0.2, 0.25) is 0 Å². The number of ether oxygens (including phenoxy) is 3. The summed E-state index contributed by atoms with van der Waals surface area (Å²) in [4.78, 5) is 4.42. The number of nitrogens with zero attached hydrogens (tertiary/aromatic N) is 1. The van der Waals surface area contributed by atoms with E-state index in [4.69, 9.17) is 25.8 Å². The highest BCUT2D eigenvalue weighted by Crippen LogP contribution is 2.36. The number of aliphatic imine (C=N–C) groups is 1. The second kappa shape index (κ2) is 8.44. The van der Waals surface area contributed by atoms with Crippen LogP contribution in [0.15, 0.2) is 41.4 Å². The van der Waals surface area contributed by atoms with Gasteiger partial charge in [0.15, 0.2) is 11.5 Å². The summed E-state index contributed by atoms with van der Waals surface area (Å²) in [5, 5.41) is 0.508. The predicted octanol–water partition coefficient (Wildman–Crippen LogP) is 4.90. The van der Waals surface area contributed by atoms with Crippen molar-refractivity contribution in [1.82, 2.24) is 0 Å². The molecule has 0 fully saturated rings. The maximum absolute atomic E-state index is 6.29. The first-order chi connectivity index (χ1) is 11.2. The second-order valence-electron chi connectivity index (χ2n) is 4.84. The molecule has 0 spiro atoms. The van der Waals surface area contributed by atoms with Gasteiger partial charge in [0.05, 0.1) is 31.5 Å². The average molecular weight is 334 g/mol. The normalized spacial score (nSPS) is 10.8. The topological polar surface area (TPSA) is 40.0 Å². The van der Waals surface area contributed by atoms with Crippen molar-refractivity contribution in [1.29, 1.82) is 0 Å². The monoisotopic (exact) mass is 333 g/mol. The summed E-state index contributed by atoms with van der Waals surface area (Å²) in [5.74, 6) is 1.96. The molecule has 0 radical (unpaired) electrons. The van der Waals surface area contributed by atoms with Crippen molar-refractivity contribution >= 4 is 23.5 Å². The van der Waals surface area contributed by atoms with Crippen LogP contribution in [-0.4, -0.2) is 27.0 Å². The first kappa shape index (κ1) is 17.2. The van der Waals surface area contributed by atoms with E-state index in [0.29, 0.717) is 23.1 Å². The molecule has 0 unspecified atom stereocenters. The summed E-state index contributed by atoms with van der Waals surface area (Å²) in [5.41, 5.74) is 1.67. The smallest absolute Gasteiger partial charge is 0.179 e. The number of methoxy groups -OCH3 is 2. The van der Waals surface area contributed by atoms with Gasteiger partial charge in [-0.25, -0.2) is 0 Å². The van der Waals surface area contributed by atoms with Crippen molar-refractivity contribution in [3.63, 3.8) is 0 Å². The highest BCUT2D eigenvalue weighted by atomic mass is 35.5. The van der Waals surface area contributed by atoms with E-state index in [-0.39, 0.29) is 0 Å². The quantitative estimate of drug-likeness (QED) is 0.677. The molecule has 5 heteroatoms. The molecule has 0 aliphatic heterocycles. The molecule has 23 heavy (non-hydrogen) atoms. The molecule has 0 N–H and O–H groups in total.